The smallest absolute Gasteiger partial charge is 0.338 e. The Morgan fingerprint density at radius 3 is 2.27 bits per heavy atom. The number of thiocarbonyl (C=S) groups is 1. The number of rotatable bonds is 8. The molecule has 1 fully saturated rings. The van der Waals surface area contributed by atoms with Crippen LogP contribution in [0.25, 0.3) is 0 Å². The summed E-state index contributed by atoms with van der Waals surface area (Å²) in [6.07, 6.45) is 3.14. The highest BCUT2D eigenvalue weighted by molar-refractivity contribution is 7.80. The Morgan fingerprint density at radius 2 is 1.67 bits per heavy atom. The Hall–Kier alpha value is -1.99. The molecule has 0 radical (unpaired) electrons. The van der Waals surface area contributed by atoms with Crippen molar-refractivity contribution in [2.24, 2.45) is 5.73 Å². The van der Waals surface area contributed by atoms with Gasteiger partial charge in [-0.2, -0.15) is 0 Å². The fourth-order valence-corrected chi connectivity index (χ4v) is 3.91. The molecular formula is C23H27ClN2O3S. The van der Waals surface area contributed by atoms with Gasteiger partial charge in [0.2, 0.25) is 0 Å². The molecule has 0 aliphatic carbocycles. The van der Waals surface area contributed by atoms with E-state index in [9.17, 15) is 9.90 Å². The molecule has 3 N–H and O–H groups in total. The number of nitrogens with two attached hydrogens (primary N) is 1. The maximum atomic E-state index is 12.1. The molecule has 1 aliphatic heterocycles. The van der Waals surface area contributed by atoms with Crippen molar-refractivity contribution < 1.29 is 14.6 Å². The van der Waals surface area contributed by atoms with Gasteiger partial charge in [0.15, 0.2) is 0 Å². The summed E-state index contributed by atoms with van der Waals surface area (Å²) >= 11 is 10.8. The molecule has 3 rings (SSSR count). The van der Waals surface area contributed by atoms with Crippen LogP contribution in [0.1, 0.15) is 47.2 Å². The van der Waals surface area contributed by atoms with Gasteiger partial charge in [-0.25, -0.2) is 4.79 Å². The topological polar surface area (TPSA) is 75.8 Å². The minimum Gasteiger partial charge on any atom is -0.462 e. The van der Waals surface area contributed by atoms with Crippen molar-refractivity contribution in [1.82, 2.24) is 4.90 Å². The lowest BCUT2D eigenvalue weighted by atomic mass is 9.84. The van der Waals surface area contributed by atoms with Crippen LogP contribution in [0.3, 0.4) is 0 Å². The Balaban J connectivity index is 1.34. The first-order chi connectivity index (χ1) is 14.4. The first kappa shape index (κ1) is 22.7. The average Bonchev–Trinajstić information content (AvgIpc) is 2.75. The van der Waals surface area contributed by atoms with Gasteiger partial charge in [0.05, 0.1) is 17.8 Å². The predicted octanol–water partition coefficient (Wildman–Crippen LogP) is 3.89. The van der Waals surface area contributed by atoms with Crippen molar-refractivity contribution in [3.8, 4) is 0 Å². The molecule has 0 unspecified atom stereocenters. The van der Waals surface area contributed by atoms with E-state index in [2.05, 4.69) is 4.90 Å². The molecular weight excluding hydrogens is 420 g/mol. The molecule has 2 aromatic rings. The highest BCUT2D eigenvalue weighted by Crippen LogP contribution is 2.33. The van der Waals surface area contributed by atoms with Gasteiger partial charge in [-0.3, -0.25) is 0 Å². The summed E-state index contributed by atoms with van der Waals surface area (Å²) in [5.74, 6) is -0.338. The van der Waals surface area contributed by atoms with Crippen LogP contribution in [0.4, 0.5) is 0 Å². The molecule has 0 amide bonds. The predicted molar refractivity (Wildman–Crippen MR) is 123 cm³/mol. The largest absolute Gasteiger partial charge is 0.462 e. The standard InChI is InChI=1S/C23H27ClN2O3S/c24-20-9-7-19(8-10-20)23(28)11-14-26(15-12-23)13-1-2-16-29-22(27)18-5-3-17(4-6-18)21(25)30/h3-10,28H,1-2,11-16H2,(H2,25,30). The molecule has 160 valence electrons. The summed E-state index contributed by atoms with van der Waals surface area (Å²) < 4.78 is 5.35. The van der Waals surface area contributed by atoms with E-state index in [0.717, 1.165) is 43.6 Å². The normalized spacial score (nSPS) is 16.2. The molecule has 0 spiro atoms. The van der Waals surface area contributed by atoms with Crippen LogP contribution in [0.5, 0.6) is 0 Å². The number of ether oxygens (including phenoxy) is 1. The quantitative estimate of drug-likeness (QED) is 0.364. The number of nitrogens with zero attached hydrogens (tertiary/aromatic N) is 1. The fourth-order valence-electron chi connectivity index (χ4n) is 3.65. The van der Waals surface area contributed by atoms with E-state index < -0.39 is 5.60 Å². The Bertz CT molecular complexity index is 863. The van der Waals surface area contributed by atoms with Crippen LogP contribution in [-0.2, 0) is 10.3 Å². The average molecular weight is 447 g/mol. The molecule has 1 heterocycles. The Kier molecular flexibility index (Phi) is 7.83. The number of piperidine rings is 1. The lowest BCUT2D eigenvalue weighted by molar-refractivity contribution is -0.0263. The first-order valence-electron chi connectivity index (χ1n) is 10.2. The third kappa shape index (κ3) is 6.01. The summed E-state index contributed by atoms with van der Waals surface area (Å²) in [7, 11) is 0. The van der Waals surface area contributed by atoms with Gasteiger partial charge in [0, 0.05) is 23.7 Å². The molecule has 0 atom stereocenters. The second-order valence-corrected chi connectivity index (χ2v) is 8.54. The molecule has 1 aliphatic rings. The molecule has 0 saturated carbocycles. The van der Waals surface area contributed by atoms with E-state index in [1.165, 1.54) is 0 Å². The molecule has 7 heteroatoms. The van der Waals surface area contributed by atoms with Crippen LogP contribution < -0.4 is 5.73 Å². The number of likely N-dealkylation sites (tertiary alicyclic amines) is 1. The lowest BCUT2D eigenvalue weighted by Crippen LogP contribution is -2.42. The van der Waals surface area contributed by atoms with Gasteiger partial charge in [0.1, 0.15) is 4.99 Å². The van der Waals surface area contributed by atoms with E-state index in [1.54, 1.807) is 24.3 Å². The first-order valence-corrected chi connectivity index (χ1v) is 10.9. The molecule has 0 bridgehead atoms. The third-order valence-corrected chi connectivity index (χ3v) is 6.06. The highest BCUT2D eigenvalue weighted by Gasteiger charge is 2.33. The number of benzene rings is 2. The van der Waals surface area contributed by atoms with E-state index in [1.807, 2.05) is 24.3 Å². The van der Waals surface area contributed by atoms with Crippen molar-refractivity contribution in [1.29, 1.82) is 0 Å². The van der Waals surface area contributed by atoms with Crippen molar-refractivity contribution in [3.63, 3.8) is 0 Å². The second kappa shape index (κ2) is 10.4. The zero-order valence-electron chi connectivity index (χ0n) is 16.9. The summed E-state index contributed by atoms with van der Waals surface area (Å²) in [4.78, 5) is 14.7. The molecule has 2 aromatic carbocycles. The summed E-state index contributed by atoms with van der Waals surface area (Å²) in [6.45, 7) is 3.00. The second-order valence-electron chi connectivity index (χ2n) is 7.66. The van der Waals surface area contributed by atoms with Crippen LogP contribution in [0.15, 0.2) is 48.5 Å². The number of unbranched alkanes of at least 4 members (excludes halogenated alkanes) is 1. The van der Waals surface area contributed by atoms with E-state index in [4.69, 9.17) is 34.3 Å². The summed E-state index contributed by atoms with van der Waals surface area (Å²) in [5, 5.41) is 11.6. The number of carbonyl (C=O) groups is 1. The highest BCUT2D eigenvalue weighted by atomic mass is 35.5. The minimum absolute atomic E-state index is 0.305. The maximum absolute atomic E-state index is 12.1. The number of esters is 1. The Labute approximate surface area is 187 Å². The zero-order valence-corrected chi connectivity index (χ0v) is 18.4. The summed E-state index contributed by atoms with van der Waals surface area (Å²) in [6, 6.07) is 14.3. The van der Waals surface area contributed by atoms with Crippen molar-refractivity contribution >= 4 is 34.8 Å². The van der Waals surface area contributed by atoms with Gasteiger partial charge in [0.25, 0.3) is 0 Å². The van der Waals surface area contributed by atoms with Crippen molar-refractivity contribution in [2.75, 3.05) is 26.2 Å². The van der Waals surface area contributed by atoms with E-state index >= 15 is 0 Å². The van der Waals surface area contributed by atoms with Gasteiger partial charge in [-0.15, -0.1) is 0 Å². The van der Waals surface area contributed by atoms with Crippen LogP contribution >= 0.6 is 23.8 Å². The number of aliphatic hydroxyl groups is 1. The van der Waals surface area contributed by atoms with Gasteiger partial charge < -0.3 is 20.5 Å². The molecule has 30 heavy (non-hydrogen) atoms. The molecule has 1 saturated heterocycles. The van der Waals surface area contributed by atoms with Crippen molar-refractivity contribution in [2.45, 2.75) is 31.3 Å². The number of carbonyl (C=O) groups excluding carboxylic acids is 1. The molecule has 0 aromatic heterocycles. The van der Waals surface area contributed by atoms with Gasteiger partial charge in [-0.1, -0.05) is 48.1 Å². The van der Waals surface area contributed by atoms with Crippen LogP contribution in [0.2, 0.25) is 5.02 Å². The summed E-state index contributed by atoms with van der Waals surface area (Å²) in [5.41, 5.74) is 6.93. The number of hydrogen-bond acceptors (Lipinski definition) is 5. The SMILES string of the molecule is NC(=S)c1ccc(C(=O)OCCCCN2CCC(O)(c3ccc(Cl)cc3)CC2)cc1. The maximum Gasteiger partial charge on any atom is 0.338 e. The minimum atomic E-state index is -0.778. The van der Waals surface area contributed by atoms with E-state index in [-0.39, 0.29) is 5.97 Å². The van der Waals surface area contributed by atoms with E-state index in [0.29, 0.717) is 35.0 Å². The van der Waals surface area contributed by atoms with Crippen LogP contribution in [0, 0.1) is 0 Å². The van der Waals surface area contributed by atoms with Crippen LogP contribution in [-0.4, -0.2) is 47.2 Å². The van der Waals surface area contributed by atoms with Crippen molar-refractivity contribution in [3.05, 3.63) is 70.2 Å². The lowest BCUT2D eigenvalue weighted by Gasteiger charge is -2.38. The third-order valence-electron chi connectivity index (χ3n) is 5.57. The Morgan fingerprint density at radius 1 is 1.07 bits per heavy atom. The zero-order chi connectivity index (χ0) is 21.6. The van der Waals surface area contributed by atoms with Gasteiger partial charge in [-0.05, 0) is 62.1 Å². The number of halogens is 1. The molecule has 5 nitrogen and oxygen atoms in total. The fraction of sp³-hybridized carbons (Fsp3) is 0.391. The van der Waals surface area contributed by atoms with Gasteiger partial charge >= 0.3 is 5.97 Å². The monoisotopic (exact) mass is 446 g/mol. The number of hydrogen-bond donors (Lipinski definition) is 2.